The SMILES string of the molecule is O=C(NCc1c(-c2ccc(Cl)cc2)nc2n1CCS2)C1CCCCC1. The number of thioether (sulfide) groups is 1. The summed E-state index contributed by atoms with van der Waals surface area (Å²) in [5.41, 5.74) is 3.11. The van der Waals surface area contributed by atoms with E-state index in [9.17, 15) is 4.79 Å². The Labute approximate surface area is 157 Å². The van der Waals surface area contributed by atoms with Crippen LogP contribution < -0.4 is 5.32 Å². The highest BCUT2D eigenvalue weighted by Crippen LogP contribution is 2.33. The predicted molar refractivity (Wildman–Crippen MR) is 102 cm³/mol. The summed E-state index contributed by atoms with van der Waals surface area (Å²) in [6.45, 7) is 1.50. The number of carbonyl (C=O) groups is 1. The molecule has 25 heavy (non-hydrogen) atoms. The molecule has 2 heterocycles. The number of amides is 1. The molecule has 1 amide bonds. The molecule has 2 aromatic rings. The van der Waals surface area contributed by atoms with Crippen LogP contribution >= 0.6 is 23.4 Å². The molecule has 1 saturated carbocycles. The van der Waals surface area contributed by atoms with Gasteiger partial charge in [-0.15, -0.1) is 0 Å². The highest BCUT2D eigenvalue weighted by atomic mass is 35.5. The monoisotopic (exact) mass is 375 g/mol. The molecule has 2 aliphatic rings. The molecule has 0 unspecified atom stereocenters. The van der Waals surface area contributed by atoms with Gasteiger partial charge in [-0.2, -0.15) is 0 Å². The van der Waals surface area contributed by atoms with E-state index >= 15 is 0 Å². The molecule has 1 aliphatic heterocycles. The van der Waals surface area contributed by atoms with E-state index < -0.39 is 0 Å². The minimum Gasteiger partial charge on any atom is -0.350 e. The lowest BCUT2D eigenvalue weighted by Gasteiger charge is -2.21. The standard InChI is InChI=1S/C19H22ClN3OS/c20-15-8-6-13(7-9-15)17-16(23-10-11-25-19(23)22-17)12-21-18(24)14-4-2-1-3-5-14/h6-9,14H,1-5,10-12H2,(H,21,24). The van der Waals surface area contributed by atoms with E-state index in [4.69, 9.17) is 16.6 Å². The van der Waals surface area contributed by atoms with Crippen molar-refractivity contribution >= 4 is 29.3 Å². The van der Waals surface area contributed by atoms with Crippen molar-refractivity contribution in [3.8, 4) is 11.3 Å². The number of aromatic nitrogens is 2. The molecule has 0 radical (unpaired) electrons. The zero-order valence-corrected chi connectivity index (χ0v) is 15.7. The molecule has 1 fully saturated rings. The molecule has 132 valence electrons. The minimum absolute atomic E-state index is 0.183. The second-order valence-corrected chi connectivity index (χ2v) is 8.25. The summed E-state index contributed by atoms with van der Waals surface area (Å²) >= 11 is 7.79. The van der Waals surface area contributed by atoms with Crippen molar-refractivity contribution in [2.75, 3.05) is 5.75 Å². The third kappa shape index (κ3) is 3.58. The van der Waals surface area contributed by atoms with Crippen LogP contribution in [0.25, 0.3) is 11.3 Å². The molecule has 0 atom stereocenters. The summed E-state index contributed by atoms with van der Waals surface area (Å²) in [5.74, 6) is 1.43. The van der Waals surface area contributed by atoms with Gasteiger partial charge in [0.1, 0.15) is 0 Å². The number of halogens is 1. The van der Waals surface area contributed by atoms with Crippen LogP contribution in [0.5, 0.6) is 0 Å². The van der Waals surface area contributed by atoms with Gasteiger partial charge >= 0.3 is 0 Å². The molecular weight excluding hydrogens is 354 g/mol. The predicted octanol–water partition coefficient (Wildman–Crippen LogP) is 4.51. The van der Waals surface area contributed by atoms with Crippen molar-refractivity contribution in [2.45, 2.75) is 50.4 Å². The van der Waals surface area contributed by atoms with Gasteiger partial charge in [0.15, 0.2) is 5.16 Å². The normalized spacial score (nSPS) is 17.5. The molecular formula is C19H22ClN3OS. The maximum atomic E-state index is 12.5. The molecule has 0 spiro atoms. The quantitative estimate of drug-likeness (QED) is 0.855. The number of rotatable bonds is 4. The highest BCUT2D eigenvalue weighted by molar-refractivity contribution is 7.99. The first-order valence-corrected chi connectivity index (χ1v) is 10.3. The zero-order chi connectivity index (χ0) is 17.2. The fourth-order valence-corrected chi connectivity index (χ4v) is 4.83. The average Bonchev–Trinajstić information content (AvgIpc) is 3.23. The maximum Gasteiger partial charge on any atom is 0.223 e. The number of hydrogen-bond donors (Lipinski definition) is 1. The number of carbonyl (C=O) groups excluding carboxylic acids is 1. The van der Waals surface area contributed by atoms with Crippen LogP contribution in [0.4, 0.5) is 0 Å². The van der Waals surface area contributed by atoms with Crippen LogP contribution in [0.1, 0.15) is 37.8 Å². The van der Waals surface area contributed by atoms with Gasteiger partial charge in [0.2, 0.25) is 5.91 Å². The van der Waals surface area contributed by atoms with Gasteiger partial charge in [-0.3, -0.25) is 4.79 Å². The summed E-state index contributed by atoms with van der Waals surface area (Å²) in [7, 11) is 0. The lowest BCUT2D eigenvalue weighted by Crippen LogP contribution is -2.32. The van der Waals surface area contributed by atoms with Crippen molar-refractivity contribution in [1.82, 2.24) is 14.9 Å². The Balaban J connectivity index is 1.55. The maximum absolute atomic E-state index is 12.5. The fraction of sp³-hybridized carbons (Fsp3) is 0.474. The van der Waals surface area contributed by atoms with E-state index in [0.717, 1.165) is 52.3 Å². The van der Waals surface area contributed by atoms with E-state index in [1.165, 1.54) is 19.3 Å². The van der Waals surface area contributed by atoms with Crippen molar-refractivity contribution in [2.24, 2.45) is 5.92 Å². The van der Waals surface area contributed by atoms with Crippen molar-refractivity contribution in [1.29, 1.82) is 0 Å². The second-order valence-electron chi connectivity index (χ2n) is 6.75. The van der Waals surface area contributed by atoms with Gasteiger partial charge in [0, 0.05) is 28.8 Å². The smallest absolute Gasteiger partial charge is 0.223 e. The molecule has 6 heteroatoms. The summed E-state index contributed by atoms with van der Waals surface area (Å²) in [6, 6.07) is 7.77. The summed E-state index contributed by atoms with van der Waals surface area (Å²) < 4.78 is 2.25. The summed E-state index contributed by atoms with van der Waals surface area (Å²) in [5, 5.41) is 4.94. The first-order chi connectivity index (χ1) is 12.2. The number of benzene rings is 1. The topological polar surface area (TPSA) is 46.9 Å². The number of fused-ring (bicyclic) bond motifs is 1. The molecule has 1 aromatic heterocycles. The average molecular weight is 376 g/mol. The Hall–Kier alpha value is -1.46. The Morgan fingerprint density at radius 3 is 2.76 bits per heavy atom. The van der Waals surface area contributed by atoms with Crippen LogP contribution in [0.3, 0.4) is 0 Å². The Morgan fingerprint density at radius 2 is 2.00 bits per heavy atom. The Morgan fingerprint density at radius 1 is 1.24 bits per heavy atom. The number of imidazole rings is 1. The van der Waals surface area contributed by atoms with E-state index in [-0.39, 0.29) is 11.8 Å². The van der Waals surface area contributed by atoms with Gasteiger partial charge < -0.3 is 9.88 Å². The first kappa shape index (κ1) is 17.0. The van der Waals surface area contributed by atoms with Crippen LogP contribution in [0, 0.1) is 5.92 Å². The molecule has 1 aromatic carbocycles. The Bertz CT molecular complexity index is 766. The summed E-state index contributed by atoms with van der Waals surface area (Å²) in [6.07, 6.45) is 5.66. The van der Waals surface area contributed by atoms with Gasteiger partial charge in [-0.25, -0.2) is 4.98 Å². The van der Waals surface area contributed by atoms with E-state index in [2.05, 4.69) is 9.88 Å². The second kappa shape index (κ2) is 7.42. The fourth-order valence-electron chi connectivity index (χ4n) is 3.73. The lowest BCUT2D eigenvalue weighted by atomic mass is 9.88. The molecule has 0 bridgehead atoms. The van der Waals surface area contributed by atoms with Crippen molar-refractivity contribution in [3.63, 3.8) is 0 Å². The highest BCUT2D eigenvalue weighted by Gasteiger charge is 2.25. The summed E-state index contributed by atoms with van der Waals surface area (Å²) in [4.78, 5) is 17.3. The number of nitrogens with one attached hydrogen (secondary N) is 1. The van der Waals surface area contributed by atoms with Gasteiger partial charge in [0.05, 0.1) is 17.9 Å². The van der Waals surface area contributed by atoms with Crippen molar-refractivity contribution in [3.05, 3.63) is 35.0 Å². The minimum atomic E-state index is 0.183. The lowest BCUT2D eigenvalue weighted by molar-refractivity contribution is -0.126. The number of nitrogens with zero attached hydrogens (tertiary/aromatic N) is 2. The van der Waals surface area contributed by atoms with Crippen molar-refractivity contribution < 1.29 is 4.79 Å². The van der Waals surface area contributed by atoms with Gasteiger partial charge in [-0.05, 0) is 25.0 Å². The van der Waals surface area contributed by atoms with Crippen LogP contribution in [0.2, 0.25) is 5.02 Å². The van der Waals surface area contributed by atoms with Gasteiger partial charge in [0.25, 0.3) is 0 Å². The largest absolute Gasteiger partial charge is 0.350 e. The van der Waals surface area contributed by atoms with E-state index in [1.54, 1.807) is 11.8 Å². The molecule has 0 saturated heterocycles. The Kier molecular flexibility index (Phi) is 5.04. The first-order valence-electron chi connectivity index (χ1n) is 8.98. The molecule has 4 nitrogen and oxygen atoms in total. The molecule has 1 N–H and O–H groups in total. The van der Waals surface area contributed by atoms with Crippen LogP contribution in [-0.2, 0) is 17.9 Å². The molecule has 1 aliphatic carbocycles. The van der Waals surface area contributed by atoms with Crippen LogP contribution in [0.15, 0.2) is 29.4 Å². The zero-order valence-electron chi connectivity index (χ0n) is 14.1. The molecule has 4 rings (SSSR count). The van der Waals surface area contributed by atoms with Crippen LogP contribution in [-0.4, -0.2) is 21.2 Å². The third-order valence-electron chi connectivity index (χ3n) is 5.11. The number of hydrogen-bond acceptors (Lipinski definition) is 3. The van der Waals surface area contributed by atoms with E-state index in [0.29, 0.717) is 6.54 Å². The third-order valence-corrected chi connectivity index (χ3v) is 6.32. The van der Waals surface area contributed by atoms with Gasteiger partial charge in [-0.1, -0.05) is 54.8 Å². The van der Waals surface area contributed by atoms with E-state index in [1.807, 2.05) is 24.3 Å².